The molecule has 110 valence electrons. The number of hydrogen-bond acceptors (Lipinski definition) is 2. The van der Waals surface area contributed by atoms with Gasteiger partial charge in [0.05, 0.1) is 0 Å². The maximum absolute atomic E-state index is 11.0. The van der Waals surface area contributed by atoms with E-state index < -0.39 is 0 Å². The second-order valence-electron chi connectivity index (χ2n) is 5.35. The monoisotopic (exact) mass is 282 g/mol. The van der Waals surface area contributed by atoms with Gasteiger partial charge in [-0.3, -0.25) is 4.79 Å². The second-order valence-corrected chi connectivity index (χ2v) is 5.35. The first-order valence-corrected chi connectivity index (χ1v) is 7.27. The minimum absolute atomic E-state index is 0.0411. The Kier molecular flexibility index (Phi) is 5.52. The first-order chi connectivity index (χ1) is 10.1. The van der Waals surface area contributed by atoms with Gasteiger partial charge in [0.25, 0.3) is 0 Å². The Balaban J connectivity index is 1.82. The second kappa shape index (κ2) is 7.60. The van der Waals surface area contributed by atoms with Crippen LogP contribution in [0.25, 0.3) is 0 Å². The summed E-state index contributed by atoms with van der Waals surface area (Å²) in [5, 5.41) is 6.30. The van der Waals surface area contributed by atoms with Crippen molar-refractivity contribution < 1.29 is 4.79 Å². The number of benzene rings is 2. The lowest BCUT2D eigenvalue weighted by Gasteiger charge is -2.14. The summed E-state index contributed by atoms with van der Waals surface area (Å²) < 4.78 is 0. The fourth-order valence-electron chi connectivity index (χ4n) is 2.24. The quantitative estimate of drug-likeness (QED) is 0.853. The highest BCUT2D eigenvalue weighted by Gasteiger charge is 2.04. The van der Waals surface area contributed by atoms with E-state index in [2.05, 4.69) is 54.0 Å². The van der Waals surface area contributed by atoms with Gasteiger partial charge in [-0.05, 0) is 36.6 Å². The van der Waals surface area contributed by atoms with Crippen molar-refractivity contribution in [3.05, 3.63) is 65.7 Å². The van der Waals surface area contributed by atoms with E-state index in [4.69, 9.17) is 0 Å². The number of hydrogen-bond donors (Lipinski definition) is 2. The van der Waals surface area contributed by atoms with E-state index in [1.165, 1.54) is 18.1 Å². The molecule has 0 saturated carbocycles. The van der Waals surface area contributed by atoms with Crippen LogP contribution < -0.4 is 10.6 Å². The molecule has 0 bridgehead atoms. The number of anilines is 1. The van der Waals surface area contributed by atoms with Crippen LogP contribution >= 0.6 is 0 Å². The molecule has 0 heterocycles. The minimum atomic E-state index is -0.0411. The van der Waals surface area contributed by atoms with Gasteiger partial charge in [0.2, 0.25) is 5.91 Å². The largest absolute Gasteiger partial charge is 0.326 e. The molecular formula is C18H22N2O. The molecule has 2 aromatic rings. The lowest BCUT2D eigenvalue weighted by molar-refractivity contribution is -0.114. The lowest BCUT2D eigenvalue weighted by atomic mass is 10.1. The van der Waals surface area contributed by atoms with Gasteiger partial charge in [-0.2, -0.15) is 0 Å². The normalized spacial score (nSPS) is 11.9. The average Bonchev–Trinajstić information content (AvgIpc) is 2.48. The number of nitrogens with one attached hydrogen (secondary N) is 2. The summed E-state index contributed by atoms with van der Waals surface area (Å²) in [6.45, 7) is 4.58. The number of rotatable bonds is 6. The van der Waals surface area contributed by atoms with Crippen molar-refractivity contribution >= 4 is 11.6 Å². The van der Waals surface area contributed by atoms with Crippen molar-refractivity contribution in [1.29, 1.82) is 0 Å². The highest BCUT2D eigenvalue weighted by molar-refractivity contribution is 5.88. The van der Waals surface area contributed by atoms with E-state index in [1.807, 2.05) is 18.2 Å². The van der Waals surface area contributed by atoms with Gasteiger partial charge in [0.15, 0.2) is 0 Å². The highest BCUT2D eigenvalue weighted by atomic mass is 16.1. The highest BCUT2D eigenvalue weighted by Crippen LogP contribution is 2.11. The van der Waals surface area contributed by atoms with Crippen LogP contribution in [0.2, 0.25) is 0 Å². The molecule has 0 aromatic heterocycles. The van der Waals surface area contributed by atoms with Crippen molar-refractivity contribution in [2.45, 2.75) is 32.9 Å². The Morgan fingerprint density at radius 3 is 2.29 bits per heavy atom. The summed E-state index contributed by atoms with van der Waals surface area (Å²) >= 11 is 0. The van der Waals surface area contributed by atoms with Crippen molar-refractivity contribution in [2.75, 3.05) is 5.32 Å². The predicted octanol–water partition coefficient (Wildman–Crippen LogP) is 3.37. The van der Waals surface area contributed by atoms with Crippen LogP contribution in [0, 0.1) is 0 Å². The van der Waals surface area contributed by atoms with Crippen molar-refractivity contribution in [3.8, 4) is 0 Å². The molecule has 0 aliphatic heterocycles. The zero-order chi connectivity index (χ0) is 15.1. The van der Waals surface area contributed by atoms with Crippen LogP contribution in [-0.4, -0.2) is 11.9 Å². The molecule has 2 aromatic carbocycles. The molecule has 0 spiro atoms. The summed E-state index contributed by atoms with van der Waals surface area (Å²) in [7, 11) is 0. The fraction of sp³-hybridized carbons (Fsp3) is 0.278. The van der Waals surface area contributed by atoms with Gasteiger partial charge in [-0.15, -0.1) is 0 Å². The minimum Gasteiger partial charge on any atom is -0.326 e. The Morgan fingerprint density at radius 1 is 1.00 bits per heavy atom. The topological polar surface area (TPSA) is 41.1 Å². The first kappa shape index (κ1) is 15.3. The number of carbonyl (C=O) groups excluding carboxylic acids is 1. The van der Waals surface area contributed by atoms with E-state index in [1.54, 1.807) is 0 Å². The molecule has 21 heavy (non-hydrogen) atoms. The van der Waals surface area contributed by atoms with Gasteiger partial charge in [0, 0.05) is 25.2 Å². The molecule has 0 fully saturated rings. The SMILES string of the molecule is CC(=O)Nc1ccc(CC(C)NCc2ccccc2)cc1. The third-order valence-electron chi connectivity index (χ3n) is 3.31. The van der Waals surface area contributed by atoms with Crippen LogP contribution in [0.5, 0.6) is 0 Å². The fourth-order valence-corrected chi connectivity index (χ4v) is 2.24. The van der Waals surface area contributed by atoms with Gasteiger partial charge in [-0.1, -0.05) is 42.5 Å². The molecule has 1 amide bonds. The maximum atomic E-state index is 11.0. The zero-order valence-corrected chi connectivity index (χ0v) is 12.6. The van der Waals surface area contributed by atoms with E-state index in [-0.39, 0.29) is 5.91 Å². The Morgan fingerprint density at radius 2 is 1.67 bits per heavy atom. The molecule has 0 aliphatic rings. The number of carbonyl (C=O) groups is 1. The van der Waals surface area contributed by atoms with E-state index in [0.717, 1.165) is 18.7 Å². The third kappa shape index (κ3) is 5.40. The Bertz CT molecular complexity index is 564. The molecule has 3 heteroatoms. The summed E-state index contributed by atoms with van der Waals surface area (Å²) in [4.78, 5) is 11.0. The van der Waals surface area contributed by atoms with Crippen molar-refractivity contribution in [1.82, 2.24) is 5.32 Å². The van der Waals surface area contributed by atoms with Gasteiger partial charge >= 0.3 is 0 Å². The summed E-state index contributed by atoms with van der Waals surface area (Å²) in [5.41, 5.74) is 3.40. The molecule has 0 radical (unpaired) electrons. The average molecular weight is 282 g/mol. The third-order valence-corrected chi connectivity index (χ3v) is 3.31. The summed E-state index contributed by atoms with van der Waals surface area (Å²) in [5.74, 6) is -0.0411. The molecule has 0 saturated heterocycles. The Labute approximate surface area is 126 Å². The van der Waals surface area contributed by atoms with Crippen LogP contribution in [0.15, 0.2) is 54.6 Å². The van der Waals surface area contributed by atoms with Crippen LogP contribution in [0.3, 0.4) is 0 Å². The molecule has 2 N–H and O–H groups in total. The summed E-state index contributed by atoms with van der Waals surface area (Å²) in [6.07, 6.45) is 0.965. The summed E-state index contributed by atoms with van der Waals surface area (Å²) in [6, 6.07) is 18.8. The maximum Gasteiger partial charge on any atom is 0.221 e. The number of amides is 1. The van der Waals surface area contributed by atoms with Crippen LogP contribution in [0.1, 0.15) is 25.0 Å². The van der Waals surface area contributed by atoms with Gasteiger partial charge < -0.3 is 10.6 Å². The lowest BCUT2D eigenvalue weighted by Crippen LogP contribution is -2.27. The van der Waals surface area contributed by atoms with Crippen LogP contribution in [-0.2, 0) is 17.8 Å². The predicted molar refractivity (Wildman–Crippen MR) is 87.2 cm³/mol. The van der Waals surface area contributed by atoms with Crippen molar-refractivity contribution in [2.24, 2.45) is 0 Å². The molecule has 2 rings (SSSR count). The van der Waals surface area contributed by atoms with E-state index in [9.17, 15) is 4.79 Å². The van der Waals surface area contributed by atoms with E-state index in [0.29, 0.717) is 6.04 Å². The van der Waals surface area contributed by atoms with E-state index >= 15 is 0 Å². The van der Waals surface area contributed by atoms with Gasteiger partial charge in [-0.25, -0.2) is 0 Å². The molecule has 0 aliphatic carbocycles. The van der Waals surface area contributed by atoms with Crippen LogP contribution in [0.4, 0.5) is 5.69 Å². The zero-order valence-electron chi connectivity index (χ0n) is 12.6. The molecule has 1 atom stereocenters. The molecular weight excluding hydrogens is 260 g/mol. The standard InChI is InChI=1S/C18H22N2O/c1-14(19-13-17-6-4-3-5-7-17)12-16-8-10-18(11-9-16)20-15(2)21/h3-11,14,19H,12-13H2,1-2H3,(H,20,21). The first-order valence-electron chi connectivity index (χ1n) is 7.27. The Hall–Kier alpha value is -2.13. The van der Waals surface area contributed by atoms with Gasteiger partial charge in [0.1, 0.15) is 0 Å². The van der Waals surface area contributed by atoms with Crippen molar-refractivity contribution in [3.63, 3.8) is 0 Å². The molecule has 1 unspecified atom stereocenters. The molecule has 3 nitrogen and oxygen atoms in total. The smallest absolute Gasteiger partial charge is 0.221 e.